The first-order valence-electron chi connectivity index (χ1n) is 4.29. The Hall–Kier alpha value is -0.940. The molecule has 0 bridgehead atoms. The smallest absolute Gasteiger partial charge is 0.160 e. The molecular formula is C8H16N4O. The van der Waals surface area contributed by atoms with Gasteiger partial charge in [0.2, 0.25) is 0 Å². The highest BCUT2D eigenvalue weighted by atomic mass is 16.3. The predicted molar refractivity (Wildman–Crippen MR) is 48.8 cm³/mol. The van der Waals surface area contributed by atoms with Crippen LogP contribution in [0, 0.1) is 5.92 Å². The van der Waals surface area contributed by atoms with E-state index in [4.69, 9.17) is 5.73 Å². The first-order chi connectivity index (χ1) is 6.02. The van der Waals surface area contributed by atoms with Gasteiger partial charge in [-0.25, -0.2) is 4.98 Å². The molecule has 0 spiro atoms. The topological polar surface area (TPSA) is 77.0 Å². The van der Waals surface area contributed by atoms with Crippen LogP contribution in [0.1, 0.15) is 19.7 Å². The van der Waals surface area contributed by atoms with Crippen LogP contribution in [0.25, 0.3) is 0 Å². The summed E-state index contributed by atoms with van der Waals surface area (Å²) in [6, 6.07) is 0. The van der Waals surface area contributed by atoms with Crippen molar-refractivity contribution in [2.75, 3.05) is 6.54 Å². The van der Waals surface area contributed by atoms with E-state index in [0.29, 0.717) is 5.82 Å². The lowest BCUT2D eigenvalue weighted by Gasteiger charge is -2.29. The molecule has 0 aromatic carbocycles. The zero-order valence-corrected chi connectivity index (χ0v) is 8.23. The van der Waals surface area contributed by atoms with Gasteiger partial charge < -0.3 is 10.8 Å². The number of rotatable bonds is 3. The van der Waals surface area contributed by atoms with Crippen LogP contribution in [-0.2, 0) is 12.6 Å². The summed E-state index contributed by atoms with van der Waals surface area (Å²) in [5.74, 6) is 0.533. The summed E-state index contributed by atoms with van der Waals surface area (Å²) in [6.45, 7) is 3.96. The van der Waals surface area contributed by atoms with E-state index in [2.05, 4.69) is 10.1 Å². The number of nitrogens with zero attached hydrogens (tertiary/aromatic N) is 3. The monoisotopic (exact) mass is 184 g/mol. The largest absolute Gasteiger partial charge is 0.380 e. The summed E-state index contributed by atoms with van der Waals surface area (Å²) in [7, 11) is 1.74. The Morgan fingerprint density at radius 1 is 1.69 bits per heavy atom. The Morgan fingerprint density at radius 3 is 2.62 bits per heavy atom. The summed E-state index contributed by atoms with van der Waals surface area (Å²) in [4.78, 5) is 4.00. The normalized spacial score (nSPS) is 16.2. The fourth-order valence-electron chi connectivity index (χ4n) is 1.27. The van der Waals surface area contributed by atoms with Crippen LogP contribution in [-0.4, -0.2) is 26.4 Å². The second-order valence-electron chi connectivity index (χ2n) is 3.49. The average molecular weight is 184 g/mol. The lowest BCUT2D eigenvalue weighted by atomic mass is 9.89. The van der Waals surface area contributed by atoms with E-state index in [1.54, 1.807) is 11.7 Å². The van der Waals surface area contributed by atoms with E-state index >= 15 is 0 Å². The number of nitrogens with two attached hydrogens (primary N) is 1. The molecule has 1 rings (SSSR count). The summed E-state index contributed by atoms with van der Waals surface area (Å²) in [6.07, 6.45) is 1.42. The number of aryl methyl sites for hydroxylation is 1. The Morgan fingerprint density at radius 2 is 2.31 bits per heavy atom. The maximum Gasteiger partial charge on any atom is 0.160 e. The molecule has 74 valence electrons. The van der Waals surface area contributed by atoms with Crippen LogP contribution in [0.15, 0.2) is 6.33 Å². The second kappa shape index (κ2) is 3.43. The van der Waals surface area contributed by atoms with Gasteiger partial charge in [-0.05, 0) is 5.92 Å². The Labute approximate surface area is 77.6 Å². The van der Waals surface area contributed by atoms with Gasteiger partial charge in [0.25, 0.3) is 0 Å². The van der Waals surface area contributed by atoms with Crippen molar-refractivity contribution < 1.29 is 5.11 Å². The molecule has 1 atom stereocenters. The van der Waals surface area contributed by atoms with E-state index in [9.17, 15) is 5.11 Å². The van der Waals surface area contributed by atoms with Crippen LogP contribution in [0.2, 0.25) is 0 Å². The molecule has 3 N–H and O–H groups in total. The molecule has 0 radical (unpaired) electrons. The summed E-state index contributed by atoms with van der Waals surface area (Å²) >= 11 is 0. The van der Waals surface area contributed by atoms with Crippen molar-refractivity contribution in [1.82, 2.24) is 14.8 Å². The lowest BCUT2D eigenvalue weighted by Crippen LogP contribution is -2.42. The number of aliphatic hydroxyl groups is 1. The number of hydrogen-bond donors (Lipinski definition) is 2. The van der Waals surface area contributed by atoms with Gasteiger partial charge in [0.1, 0.15) is 11.9 Å². The first kappa shape index (κ1) is 10.1. The molecule has 13 heavy (non-hydrogen) atoms. The quantitative estimate of drug-likeness (QED) is 0.671. The van der Waals surface area contributed by atoms with Gasteiger partial charge >= 0.3 is 0 Å². The molecule has 5 nitrogen and oxygen atoms in total. The van der Waals surface area contributed by atoms with Crippen LogP contribution in [0.4, 0.5) is 0 Å². The minimum absolute atomic E-state index is 0.0143. The molecule has 0 amide bonds. The van der Waals surface area contributed by atoms with Crippen molar-refractivity contribution >= 4 is 0 Å². The van der Waals surface area contributed by atoms with Crippen molar-refractivity contribution in [3.8, 4) is 0 Å². The maximum atomic E-state index is 10.2. The Kier molecular flexibility index (Phi) is 2.68. The highest BCUT2D eigenvalue weighted by Crippen LogP contribution is 2.25. The lowest BCUT2D eigenvalue weighted by molar-refractivity contribution is -0.0127. The first-order valence-corrected chi connectivity index (χ1v) is 4.29. The van der Waals surface area contributed by atoms with E-state index in [0.717, 1.165) is 0 Å². The molecule has 1 aromatic rings. The van der Waals surface area contributed by atoms with Gasteiger partial charge in [0.05, 0.1) is 0 Å². The van der Waals surface area contributed by atoms with Crippen molar-refractivity contribution in [2.24, 2.45) is 18.7 Å². The Bertz CT molecular complexity index is 283. The fraction of sp³-hybridized carbons (Fsp3) is 0.750. The minimum atomic E-state index is -1.08. The molecule has 0 aliphatic carbocycles. The molecule has 1 aromatic heterocycles. The molecule has 1 unspecified atom stereocenters. The molecule has 0 aliphatic heterocycles. The summed E-state index contributed by atoms with van der Waals surface area (Å²) in [5.41, 5.74) is 4.46. The summed E-state index contributed by atoms with van der Waals surface area (Å²) in [5, 5.41) is 14.1. The third-order valence-corrected chi connectivity index (χ3v) is 2.36. The van der Waals surface area contributed by atoms with Crippen molar-refractivity contribution in [2.45, 2.75) is 19.4 Å². The van der Waals surface area contributed by atoms with Crippen molar-refractivity contribution in [1.29, 1.82) is 0 Å². The van der Waals surface area contributed by atoms with E-state index < -0.39 is 5.60 Å². The van der Waals surface area contributed by atoms with Gasteiger partial charge in [-0.3, -0.25) is 4.68 Å². The van der Waals surface area contributed by atoms with E-state index in [1.165, 1.54) is 6.33 Å². The van der Waals surface area contributed by atoms with E-state index in [-0.39, 0.29) is 12.5 Å². The molecular weight excluding hydrogens is 168 g/mol. The van der Waals surface area contributed by atoms with Crippen LogP contribution < -0.4 is 5.73 Å². The molecule has 0 fully saturated rings. The highest BCUT2D eigenvalue weighted by Gasteiger charge is 2.35. The van der Waals surface area contributed by atoms with Gasteiger partial charge in [0, 0.05) is 13.6 Å². The summed E-state index contributed by atoms with van der Waals surface area (Å²) < 4.78 is 1.55. The maximum absolute atomic E-state index is 10.2. The average Bonchev–Trinajstić information content (AvgIpc) is 2.50. The van der Waals surface area contributed by atoms with Crippen LogP contribution in [0.3, 0.4) is 0 Å². The SMILES string of the molecule is CC(C)C(O)(CN)c1ncnn1C. The van der Waals surface area contributed by atoms with Gasteiger partial charge in [-0.1, -0.05) is 13.8 Å². The van der Waals surface area contributed by atoms with Crippen molar-refractivity contribution in [3.05, 3.63) is 12.2 Å². The molecule has 5 heteroatoms. The van der Waals surface area contributed by atoms with Gasteiger partial charge in [0.15, 0.2) is 5.82 Å². The van der Waals surface area contributed by atoms with Crippen LogP contribution >= 0.6 is 0 Å². The molecule has 0 saturated heterocycles. The third kappa shape index (κ3) is 1.57. The number of hydrogen-bond acceptors (Lipinski definition) is 4. The van der Waals surface area contributed by atoms with Gasteiger partial charge in [-0.15, -0.1) is 0 Å². The standard InChI is InChI=1S/C8H16N4O/c1-6(2)8(13,4-9)7-10-5-11-12(7)3/h5-6,13H,4,9H2,1-3H3. The van der Waals surface area contributed by atoms with Gasteiger partial charge in [-0.2, -0.15) is 5.10 Å². The van der Waals surface area contributed by atoms with E-state index in [1.807, 2.05) is 13.8 Å². The zero-order valence-electron chi connectivity index (χ0n) is 8.23. The Balaban J connectivity index is 3.10. The number of aromatic nitrogens is 3. The second-order valence-corrected chi connectivity index (χ2v) is 3.49. The minimum Gasteiger partial charge on any atom is -0.380 e. The molecule has 1 heterocycles. The van der Waals surface area contributed by atoms with Crippen molar-refractivity contribution in [3.63, 3.8) is 0 Å². The predicted octanol–water partition coefficient (Wildman–Crippen LogP) is -0.383. The molecule has 0 aliphatic rings. The molecule has 0 saturated carbocycles. The fourth-order valence-corrected chi connectivity index (χ4v) is 1.27. The third-order valence-electron chi connectivity index (χ3n) is 2.36. The highest BCUT2D eigenvalue weighted by molar-refractivity contribution is 5.03. The van der Waals surface area contributed by atoms with Crippen LogP contribution in [0.5, 0.6) is 0 Å². The zero-order chi connectivity index (χ0) is 10.1.